The van der Waals surface area contributed by atoms with Crippen LogP contribution in [0.1, 0.15) is 32.1 Å². The van der Waals surface area contributed by atoms with Crippen LogP contribution in [-0.4, -0.2) is 37.6 Å². The number of ketones is 1. The first-order chi connectivity index (χ1) is 14.9. The van der Waals surface area contributed by atoms with E-state index in [1.807, 2.05) is 0 Å². The van der Waals surface area contributed by atoms with Crippen LogP contribution in [0.25, 0.3) is 5.69 Å². The summed E-state index contributed by atoms with van der Waals surface area (Å²) in [7, 11) is -3.56. The topological polar surface area (TPSA) is 82.4 Å². The number of benzene rings is 2. The first-order valence-electron chi connectivity index (χ1n) is 9.24. The van der Waals surface area contributed by atoms with Crippen molar-refractivity contribution in [1.82, 2.24) is 4.57 Å². The second kappa shape index (κ2) is 9.05. The van der Waals surface area contributed by atoms with Crippen LogP contribution in [-0.2, 0) is 14.6 Å². The molecule has 32 heavy (non-hydrogen) atoms. The third kappa shape index (κ3) is 4.87. The number of aromatic nitrogens is 1. The van der Waals surface area contributed by atoms with Crippen LogP contribution in [0.15, 0.2) is 47.4 Å². The molecule has 1 aromatic heterocycles. The summed E-state index contributed by atoms with van der Waals surface area (Å²) in [5, 5.41) is -0.0498. The number of hydrogen-bond donors (Lipinski definition) is 0. The van der Waals surface area contributed by atoms with Gasteiger partial charge in [0.2, 0.25) is 5.78 Å². The molecule has 0 saturated carbocycles. The number of halogens is 3. The van der Waals surface area contributed by atoms with Gasteiger partial charge in [-0.1, -0.05) is 23.2 Å². The Balaban J connectivity index is 1.82. The van der Waals surface area contributed by atoms with Crippen molar-refractivity contribution in [3.8, 4) is 5.69 Å². The van der Waals surface area contributed by atoms with Gasteiger partial charge in [-0.25, -0.2) is 17.6 Å². The maximum Gasteiger partial charge on any atom is 0.340 e. The molecule has 0 bridgehead atoms. The third-order valence-electron chi connectivity index (χ3n) is 4.81. The summed E-state index contributed by atoms with van der Waals surface area (Å²) >= 11 is 11.9. The van der Waals surface area contributed by atoms with Crippen LogP contribution >= 0.6 is 23.2 Å². The van der Waals surface area contributed by atoms with Gasteiger partial charge < -0.3 is 9.30 Å². The molecule has 0 radical (unpaired) electrons. The van der Waals surface area contributed by atoms with Crippen LogP contribution in [0.2, 0.25) is 10.0 Å². The number of nitrogens with zero attached hydrogens (tertiary/aromatic N) is 1. The molecule has 0 aliphatic rings. The monoisotopic (exact) mass is 497 g/mol. The van der Waals surface area contributed by atoms with Crippen LogP contribution in [0.5, 0.6) is 0 Å². The Morgan fingerprint density at radius 3 is 2.31 bits per heavy atom. The van der Waals surface area contributed by atoms with E-state index in [4.69, 9.17) is 27.9 Å². The predicted octanol–water partition coefficient (Wildman–Crippen LogP) is 4.98. The highest BCUT2D eigenvalue weighted by molar-refractivity contribution is 7.90. The van der Waals surface area contributed by atoms with Crippen LogP contribution in [0.3, 0.4) is 0 Å². The summed E-state index contributed by atoms with van der Waals surface area (Å²) in [5.41, 5.74) is 1.99. The molecule has 1 heterocycles. The van der Waals surface area contributed by atoms with Gasteiger partial charge in [0.15, 0.2) is 16.4 Å². The lowest BCUT2D eigenvalue weighted by atomic mass is 10.1. The smallest absolute Gasteiger partial charge is 0.340 e. The van der Waals surface area contributed by atoms with Crippen LogP contribution < -0.4 is 0 Å². The van der Waals surface area contributed by atoms with Gasteiger partial charge in [0.05, 0.1) is 20.5 Å². The highest BCUT2D eigenvalue weighted by Gasteiger charge is 2.21. The molecule has 0 N–H and O–H groups in total. The molecule has 0 amide bonds. The fourth-order valence-corrected chi connectivity index (χ4v) is 4.26. The van der Waals surface area contributed by atoms with Gasteiger partial charge >= 0.3 is 5.97 Å². The number of aryl methyl sites for hydroxylation is 1. The molecule has 0 spiro atoms. The summed E-state index contributed by atoms with van der Waals surface area (Å²) in [4.78, 5) is 25.0. The SMILES string of the molecule is Cc1cc(C(=O)COC(=O)c2cc(S(C)(=O)=O)ccc2Cl)c(C)n1-c1ccc(F)c(Cl)c1. The summed E-state index contributed by atoms with van der Waals surface area (Å²) in [6, 6.07) is 9.49. The number of sulfone groups is 1. The average molecular weight is 498 g/mol. The lowest BCUT2D eigenvalue weighted by molar-refractivity contribution is 0.0474. The maximum atomic E-state index is 13.5. The number of ether oxygens (including phenoxy) is 1. The Morgan fingerprint density at radius 2 is 1.69 bits per heavy atom. The molecule has 10 heteroatoms. The first-order valence-corrected chi connectivity index (χ1v) is 11.9. The predicted molar refractivity (Wildman–Crippen MR) is 119 cm³/mol. The van der Waals surface area contributed by atoms with E-state index in [0.717, 1.165) is 12.3 Å². The van der Waals surface area contributed by atoms with Crippen molar-refractivity contribution in [2.75, 3.05) is 12.9 Å². The normalized spacial score (nSPS) is 11.4. The van der Waals surface area contributed by atoms with Crippen molar-refractivity contribution >= 4 is 44.8 Å². The van der Waals surface area contributed by atoms with E-state index in [0.29, 0.717) is 22.6 Å². The Hall–Kier alpha value is -2.68. The molecular weight excluding hydrogens is 480 g/mol. The van der Waals surface area contributed by atoms with Crippen molar-refractivity contribution in [2.24, 2.45) is 0 Å². The fraction of sp³-hybridized carbons (Fsp3) is 0.182. The van der Waals surface area contributed by atoms with Crippen molar-refractivity contribution < 1.29 is 27.1 Å². The van der Waals surface area contributed by atoms with Crippen LogP contribution in [0, 0.1) is 19.7 Å². The van der Waals surface area contributed by atoms with E-state index in [9.17, 15) is 22.4 Å². The van der Waals surface area contributed by atoms with Crippen molar-refractivity contribution in [3.05, 3.63) is 80.8 Å². The molecule has 0 unspecified atom stereocenters. The lowest BCUT2D eigenvalue weighted by Crippen LogP contribution is -2.15. The van der Waals surface area contributed by atoms with E-state index in [-0.39, 0.29) is 20.5 Å². The summed E-state index contributed by atoms with van der Waals surface area (Å²) in [6.07, 6.45) is 0.999. The zero-order valence-corrected chi connectivity index (χ0v) is 19.6. The highest BCUT2D eigenvalue weighted by Crippen LogP contribution is 2.25. The Labute approximate surface area is 194 Å². The molecule has 6 nitrogen and oxygen atoms in total. The lowest BCUT2D eigenvalue weighted by Gasteiger charge is -2.11. The Bertz CT molecular complexity index is 1350. The molecule has 0 atom stereocenters. The zero-order valence-electron chi connectivity index (χ0n) is 17.3. The van der Waals surface area contributed by atoms with Gasteiger partial charge in [-0.3, -0.25) is 4.79 Å². The molecule has 0 fully saturated rings. The van der Waals surface area contributed by atoms with E-state index in [1.165, 1.54) is 30.3 Å². The highest BCUT2D eigenvalue weighted by atomic mass is 35.5. The molecule has 3 aromatic rings. The molecule has 3 rings (SSSR count). The van der Waals surface area contributed by atoms with E-state index < -0.39 is 34.0 Å². The fourth-order valence-electron chi connectivity index (χ4n) is 3.24. The minimum atomic E-state index is -3.56. The molecule has 0 aliphatic heterocycles. The van der Waals surface area contributed by atoms with Crippen LogP contribution in [0.4, 0.5) is 4.39 Å². The van der Waals surface area contributed by atoms with Crippen molar-refractivity contribution in [2.45, 2.75) is 18.7 Å². The third-order valence-corrected chi connectivity index (χ3v) is 6.54. The summed E-state index contributed by atoms with van der Waals surface area (Å²) in [6.45, 7) is 2.89. The van der Waals surface area contributed by atoms with E-state index >= 15 is 0 Å². The maximum absolute atomic E-state index is 13.5. The van der Waals surface area contributed by atoms with Gasteiger partial charge in [0.25, 0.3) is 0 Å². The second-order valence-electron chi connectivity index (χ2n) is 7.13. The van der Waals surface area contributed by atoms with Gasteiger partial charge in [-0.2, -0.15) is 0 Å². The van der Waals surface area contributed by atoms with Gasteiger partial charge in [0, 0.05) is 28.9 Å². The largest absolute Gasteiger partial charge is 0.454 e. The van der Waals surface area contributed by atoms with Gasteiger partial charge in [-0.05, 0) is 56.3 Å². The second-order valence-corrected chi connectivity index (χ2v) is 9.96. The first kappa shape index (κ1) is 24.0. The molecular formula is C22H18Cl2FNO5S. The molecule has 0 aliphatic carbocycles. The minimum Gasteiger partial charge on any atom is -0.454 e. The van der Waals surface area contributed by atoms with Gasteiger partial charge in [0.1, 0.15) is 5.82 Å². The van der Waals surface area contributed by atoms with Gasteiger partial charge in [-0.15, -0.1) is 0 Å². The zero-order chi connectivity index (χ0) is 23.8. The van der Waals surface area contributed by atoms with Crippen molar-refractivity contribution in [3.63, 3.8) is 0 Å². The number of esters is 1. The summed E-state index contributed by atoms with van der Waals surface area (Å²) < 4.78 is 43.8. The number of Topliss-reactive ketones (excluding diaryl/α,β-unsaturated/α-hetero) is 1. The van der Waals surface area contributed by atoms with E-state index in [2.05, 4.69) is 0 Å². The number of hydrogen-bond acceptors (Lipinski definition) is 5. The molecule has 0 saturated heterocycles. The Morgan fingerprint density at radius 1 is 1.00 bits per heavy atom. The minimum absolute atomic E-state index is 0.00113. The number of rotatable bonds is 6. The average Bonchev–Trinajstić information content (AvgIpc) is 3.01. The number of carbonyl (C=O) groups is 2. The standard InChI is InChI=1S/C22H18Cl2FNO5S/c1-12-8-16(13(2)26(12)14-4-7-20(25)19(24)9-14)21(27)11-31-22(28)17-10-15(32(3,29)30)5-6-18(17)23/h4-10H,11H2,1-3H3. The Kier molecular flexibility index (Phi) is 6.78. The molecule has 2 aromatic carbocycles. The summed E-state index contributed by atoms with van der Waals surface area (Å²) in [5.74, 6) is -1.95. The quantitative estimate of drug-likeness (QED) is 0.354. The molecule has 168 valence electrons. The number of carbonyl (C=O) groups excluding carboxylic acids is 2. The van der Waals surface area contributed by atoms with E-state index in [1.54, 1.807) is 24.5 Å². The van der Waals surface area contributed by atoms with Crippen molar-refractivity contribution in [1.29, 1.82) is 0 Å².